The van der Waals surface area contributed by atoms with E-state index < -0.39 is 34.4 Å². The van der Waals surface area contributed by atoms with Gasteiger partial charge in [-0.25, -0.2) is 8.42 Å². The number of aryl methyl sites for hydroxylation is 1. The van der Waals surface area contributed by atoms with E-state index in [1.54, 1.807) is 36.4 Å². The maximum Gasteiger partial charge on any atom is 0.264 e. The van der Waals surface area contributed by atoms with Crippen LogP contribution < -0.4 is 14.4 Å². The number of nitrogens with zero attached hydrogens (tertiary/aromatic N) is 2. The molecule has 0 fully saturated rings. The second kappa shape index (κ2) is 12.9. The summed E-state index contributed by atoms with van der Waals surface area (Å²) in [5.41, 5.74) is 1.33. The lowest BCUT2D eigenvalue weighted by Crippen LogP contribution is -2.50. The average Bonchev–Trinajstić information content (AvgIpc) is 2.90. The Morgan fingerprint density at radius 3 is 2.18 bits per heavy atom. The summed E-state index contributed by atoms with van der Waals surface area (Å²) in [5, 5.41) is 3.35. The van der Waals surface area contributed by atoms with Crippen molar-refractivity contribution >= 4 is 62.3 Å². The number of ether oxygens (including phenoxy) is 1. The first kappa shape index (κ1) is 30.6. The van der Waals surface area contributed by atoms with Crippen LogP contribution in [0.2, 0.25) is 15.1 Å². The summed E-state index contributed by atoms with van der Waals surface area (Å²) in [5.74, 6) is -0.956. The van der Waals surface area contributed by atoms with Crippen LogP contribution in [0.5, 0.6) is 5.75 Å². The van der Waals surface area contributed by atoms with E-state index in [0.717, 1.165) is 9.87 Å². The third-order valence-electron chi connectivity index (χ3n) is 6.10. The predicted molar refractivity (Wildman–Crippen MR) is 154 cm³/mol. The molecule has 0 saturated carbocycles. The minimum atomic E-state index is -4.30. The van der Waals surface area contributed by atoms with Crippen LogP contribution in [0, 0.1) is 6.92 Å². The van der Waals surface area contributed by atoms with E-state index in [1.165, 1.54) is 50.2 Å². The van der Waals surface area contributed by atoms with Gasteiger partial charge in [0.15, 0.2) is 0 Å². The van der Waals surface area contributed by atoms with Crippen molar-refractivity contribution in [3.63, 3.8) is 0 Å². The monoisotopic (exact) mass is 611 g/mol. The Bertz CT molecular complexity index is 1450. The molecule has 0 aliphatic heterocycles. The van der Waals surface area contributed by atoms with Crippen LogP contribution in [0.3, 0.4) is 0 Å². The van der Waals surface area contributed by atoms with Gasteiger partial charge in [-0.15, -0.1) is 0 Å². The molecule has 3 aromatic rings. The lowest BCUT2D eigenvalue weighted by atomic mass is 10.1. The Morgan fingerprint density at radius 2 is 1.62 bits per heavy atom. The van der Waals surface area contributed by atoms with Crippen molar-refractivity contribution in [2.75, 3.05) is 25.0 Å². The number of nitrogens with one attached hydrogen (secondary N) is 1. The van der Waals surface area contributed by atoms with Crippen LogP contribution in [-0.2, 0) is 26.2 Å². The van der Waals surface area contributed by atoms with Gasteiger partial charge in [-0.3, -0.25) is 13.9 Å². The third kappa shape index (κ3) is 6.97. The van der Waals surface area contributed by atoms with E-state index in [-0.39, 0.29) is 27.9 Å². The maximum atomic E-state index is 13.9. The molecule has 0 radical (unpaired) electrons. The van der Waals surface area contributed by atoms with E-state index >= 15 is 0 Å². The molecule has 208 valence electrons. The number of anilines is 1. The summed E-state index contributed by atoms with van der Waals surface area (Å²) in [6.07, 6.45) is 0. The average molecular weight is 613 g/mol. The van der Waals surface area contributed by atoms with Gasteiger partial charge in [0.05, 0.1) is 17.7 Å². The maximum absolute atomic E-state index is 13.9. The molecule has 8 nitrogen and oxygen atoms in total. The number of carbonyl (C=O) groups excluding carboxylic acids is 2. The molecule has 0 spiro atoms. The standard InChI is InChI=1S/C27H28Cl3N3O5S/c1-17-8-11-20(12-9-17)39(36,37)33(24-14-19(28)10-13-25(24)38-4)16-26(34)32(18(2)27(35)31-3)15-21-22(29)6-5-7-23(21)30/h5-14,18H,15-16H2,1-4H3,(H,31,35). The molecule has 1 N–H and O–H groups in total. The van der Waals surface area contributed by atoms with E-state index in [9.17, 15) is 18.0 Å². The molecule has 0 aromatic heterocycles. The Morgan fingerprint density at radius 1 is 1.00 bits per heavy atom. The van der Waals surface area contributed by atoms with Crippen molar-refractivity contribution in [2.24, 2.45) is 0 Å². The highest BCUT2D eigenvalue weighted by Crippen LogP contribution is 2.35. The number of rotatable bonds is 10. The summed E-state index contributed by atoms with van der Waals surface area (Å²) >= 11 is 19.0. The fourth-order valence-corrected chi connectivity index (χ4v) is 5.95. The summed E-state index contributed by atoms with van der Waals surface area (Å²) in [4.78, 5) is 27.7. The normalized spacial score (nSPS) is 12.0. The number of benzene rings is 3. The van der Waals surface area contributed by atoms with Crippen molar-refractivity contribution in [1.29, 1.82) is 0 Å². The van der Waals surface area contributed by atoms with Crippen LogP contribution in [-0.4, -0.2) is 51.9 Å². The van der Waals surface area contributed by atoms with Gasteiger partial charge in [-0.2, -0.15) is 0 Å². The zero-order valence-corrected chi connectivity index (χ0v) is 24.8. The molecular formula is C27H28Cl3N3O5S. The first-order valence-corrected chi connectivity index (χ1v) is 14.3. The topological polar surface area (TPSA) is 96.0 Å². The molecule has 0 saturated heterocycles. The number of hydrogen-bond acceptors (Lipinski definition) is 5. The van der Waals surface area contributed by atoms with Crippen molar-refractivity contribution in [3.05, 3.63) is 86.9 Å². The summed E-state index contributed by atoms with van der Waals surface area (Å²) < 4.78 is 34.2. The predicted octanol–water partition coefficient (Wildman–Crippen LogP) is 5.32. The van der Waals surface area contributed by atoms with Gasteiger partial charge < -0.3 is 15.0 Å². The first-order chi connectivity index (χ1) is 18.4. The zero-order valence-electron chi connectivity index (χ0n) is 21.7. The lowest BCUT2D eigenvalue weighted by molar-refractivity contribution is -0.139. The second-order valence-corrected chi connectivity index (χ2v) is 11.8. The number of hydrogen-bond donors (Lipinski definition) is 1. The van der Waals surface area contributed by atoms with Crippen molar-refractivity contribution in [2.45, 2.75) is 31.3 Å². The summed E-state index contributed by atoms with van der Waals surface area (Å²) in [6.45, 7) is 2.54. The van der Waals surface area contributed by atoms with Crippen molar-refractivity contribution < 1.29 is 22.7 Å². The molecule has 1 atom stereocenters. The Kier molecular flexibility index (Phi) is 10.1. The highest BCUT2D eigenvalue weighted by Gasteiger charge is 2.34. The highest BCUT2D eigenvalue weighted by atomic mass is 35.5. The van der Waals surface area contributed by atoms with E-state index in [1.807, 2.05) is 6.92 Å². The summed E-state index contributed by atoms with van der Waals surface area (Å²) in [7, 11) is -1.48. The fraction of sp³-hybridized carbons (Fsp3) is 0.259. The van der Waals surface area contributed by atoms with Gasteiger partial charge in [-0.05, 0) is 56.3 Å². The van der Waals surface area contributed by atoms with Gasteiger partial charge in [0, 0.05) is 34.2 Å². The number of amides is 2. The number of sulfonamides is 1. The quantitative estimate of drug-likeness (QED) is 0.334. The molecule has 3 rings (SSSR count). The number of methoxy groups -OCH3 is 1. The molecular weight excluding hydrogens is 585 g/mol. The largest absolute Gasteiger partial charge is 0.495 e. The van der Waals surface area contributed by atoms with Crippen LogP contribution in [0.15, 0.2) is 65.6 Å². The van der Waals surface area contributed by atoms with E-state index in [2.05, 4.69) is 5.32 Å². The third-order valence-corrected chi connectivity index (χ3v) is 8.82. The van der Waals surface area contributed by atoms with E-state index in [4.69, 9.17) is 39.5 Å². The van der Waals surface area contributed by atoms with Crippen molar-refractivity contribution in [1.82, 2.24) is 10.2 Å². The molecule has 12 heteroatoms. The zero-order chi connectivity index (χ0) is 28.9. The van der Waals surface area contributed by atoms with Crippen molar-refractivity contribution in [3.8, 4) is 5.75 Å². The molecule has 3 aromatic carbocycles. The highest BCUT2D eigenvalue weighted by molar-refractivity contribution is 7.92. The molecule has 0 heterocycles. The molecule has 2 amide bonds. The minimum absolute atomic E-state index is 0.0389. The SMILES string of the molecule is CNC(=O)C(C)N(Cc1c(Cl)cccc1Cl)C(=O)CN(c1cc(Cl)ccc1OC)S(=O)(=O)c1ccc(C)cc1. The molecule has 0 bridgehead atoms. The molecule has 0 aliphatic rings. The van der Waals surface area contributed by atoms with Crippen LogP contribution in [0.4, 0.5) is 5.69 Å². The molecule has 1 unspecified atom stereocenters. The number of halogens is 3. The Balaban J connectivity index is 2.14. The van der Waals surface area contributed by atoms with Gasteiger partial charge in [0.2, 0.25) is 11.8 Å². The van der Waals surface area contributed by atoms with Crippen LogP contribution in [0.25, 0.3) is 0 Å². The van der Waals surface area contributed by atoms with Crippen LogP contribution >= 0.6 is 34.8 Å². The number of likely N-dealkylation sites (N-methyl/N-ethyl adjacent to an activating group) is 1. The Labute approximate surface area is 243 Å². The Hall–Kier alpha value is -2.98. The lowest BCUT2D eigenvalue weighted by Gasteiger charge is -2.32. The van der Waals surface area contributed by atoms with Crippen LogP contribution in [0.1, 0.15) is 18.1 Å². The second-order valence-electron chi connectivity index (χ2n) is 8.65. The molecule has 0 aliphatic carbocycles. The van der Waals surface area contributed by atoms with E-state index in [0.29, 0.717) is 15.6 Å². The van der Waals surface area contributed by atoms with Gasteiger partial charge in [-0.1, -0.05) is 58.6 Å². The van der Waals surface area contributed by atoms with Gasteiger partial charge >= 0.3 is 0 Å². The smallest absolute Gasteiger partial charge is 0.264 e. The summed E-state index contributed by atoms with van der Waals surface area (Å²) in [6, 6.07) is 14.6. The molecule has 39 heavy (non-hydrogen) atoms. The van der Waals surface area contributed by atoms with Gasteiger partial charge in [0.1, 0.15) is 18.3 Å². The first-order valence-electron chi connectivity index (χ1n) is 11.8. The van der Waals surface area contributed by atoms with Gasteiger partial charge in [0.25, 0.3) is 10.0 Å². The number of carbonyl (C=O) groups is 2. The fourth-order valence-electron chi connectivity index (χ4n) is 3.85. The minimum Gasteiger partial charge on any atom is -0.495 e.